The molecule has 1 spiro atoms. The molecule has 8 heteroatoms. The van der Waals surface area contributed by atoms with Crippen molar-refractivity contribution in [3.63, 3.8) is 0 Å². The highest BCUT2D eigenvalue weighted by molar-refractivity contribution is 6.30. The molecule has 1 aromatic carbocycles. The highest BCUT2D eigenvalue weighted by Crippen LogP contribution is 2.53. The fourth-order valence-electron chi connectivity index (χ4n) is 5.11. The molecule has 2 aliphatic carbocycles. The fourth-order valence-corrected chi connectivity index (χ4v) is 5.30. The molecule has 3 fully saturated rings. The Morgan fingerprint density at radius 2 is 2.14 bits per heavy atom. The highest BCUT2D eigenvalue weighted by atomic mass is 35.5. The van der Waals surface area contributed by atoms with Gasteiger partial charge in [0, 0.05) is 23.4 Å². The van der Waals surface area contributed by atoms with Crippen LogP contribution in [0.4, 0.5) is 4.79 Å². The summed E-state index contributed by atoms with van der Waals surface area (Å²) in [5, 5.41) is 13.1. The number of hydrogen-bond donors (Lipinski definition) is 2. The number of amides is 4. The van der Waals surface area contributed by atoms with Crippen LogP contribution in [0.5, 0.6) is 0 Å². The molecule has 0 aromatic heterocycles. The number of carbonyl (C=O) groups is 3. The van der Waals surface area contributed by atoms with Crippen molar-refractivity contribution in [2.45, 2.75) is 43.6 Å². The molecule has 0 radical (unpaired) electrons. The van der Waals surface area contributed by atoms with Crippen LogP contribution in [0.3, 0.4) is 0 Å². The second-order valence-corrected chi connectivity index (χ2v) is 8.59. The van der Waals surface area contributed by atoms with Crippen molar-refractivity contribution < 1.29 is 14.4 Å². The summed E-state index contributed by atoms with van der Waals surface area (Å²) in [6, 6.07) is 9.41. The Kier molecular flexibility index (Phi) is 4.35. The fraction of sp³-hybridized carbons (Fsp3) is 0.500. The number of benzene rings is 1. The van der Waals surface area contributed by atoms with Crippen LogP contribution in [0, 0.1) is 22.7 Å². The van der Waals surface area contributed by atoms with Gasteiger partial charge in [-0.25, -0.2) is 4.79 Å². The number of imide groups is 1. The van der Waals surface area contributed by atoms with E-state index in [4.69, 9.17) is 17.3 Å². The number of nitrogens with two attached hydrogens (primary N) is 1. The minimum absolute atomic E-state index is 0.0798. The highest BCUT2D eigenvalue weighted by Gasteiger charge is 2.63. The van der Waals surface area contributed by atoms with Crippen LogP contribution in [-0.4, -0.2) is 34.8 Å². The standard InChI is InChI=1S/C20H21ClN4O3/c21-14-4-1-3-12(7-14)15-5-2-6-19(15,10-22)11-25-18(28)24-17(27)20(25)8-13(9-20)16(23)26/h1,3-4,7,13,15H,2,5-6,8-9,11H2,(H2,23,26)(H,24,27,28)/t13?,15-,19+,20?/m0/s1. The molecule has 1 aliphatic heterocycles. The molecule has 28 heavy (non-hydrogen) atoms. The number of nitriles is 1. The molecular formula is C20H21ClN4O3. The zero-order valence-corrected chi connectivity index (χ0v) is 16.0. The second kappa shape index (κ2) is 6.49. The van der Waals surface area contributed by atoms with E-state index in [2.05, 4.69) is 11.4 Å². The third-order valence-corrected chi connectivity index (χ3v) is 6.91. The Morgan fingerprint density at radius 1 is 1.39 bits per heavy atom. The summed E-state index contributed by atoms with van der Waals surface area (Å²) in [5.41, 5.74) is 4.46. The van der Waals surface area contributed by atoms with E-state index in [1.807, 2.05) is 18.2 Å². The van der Waals surface area contributed by atoms with Gasteiger partial charge in [-0.05, 0) is 43.4 Å². The maximum Gasteiger partial charge on any atom is 0.325 e. The third kappa shape index (κ3) is 2.67. The first-order valence-corrected chi connectivity index (χ1v) is 9.78. The van der Waals surface area contributed by atoms with Gasteiger partial charge in [0.05, 0.1) is 11.5 Å². The van der Waals surface area contributed by atoms with E-state index in [1.165, 1.54) is 4.90 Å². The van der Waals surface area contributed by atoms with E-state index in [0.29, 0.717) is 11.4 Å². The molecule has 1 aromatic rings. The Bertz CT molecular complexity index is 905. The summed E-state index contributed by atoms with van der Waals surface area (Å²) in [5.74, 6) is -1.38. The van der Waals surface area contributed by atoms with Crippen molar-refractivity contribution in [1.29, 1.82) is 5.26 Å². The van der Waals surface area contributed by atoms with E-state index < -0.39 is 34.7 Å². The van der Waals surface area contributed by atoms with Crippen LogP contribution in [0.1, 0.15) is 43.6 Å². The van der Waals surface area contributed by atoms with Crippen molar-refractivity contribution in [2.24, 2.45) is 17.1 Å². The van der Waals surface area contributed by atoms with Crippen molar-refractivity contribution in [3.05, 3.63) is 34.9 Å². The number of rotatable bonds is 4. The number of urea groups is 1. The molecule has 2 atom stereocenters. The largest absolute Gasteiger partial charge is 0.369 e. The van der Waals surface area contributed by atoms with Gasteiger partial charge in [0.1, 0.15) is 5.54 Å². The van der Waals surface area contributed by atoms with Crippen LogP contribution in [0.2, 0.25) is 5.02 Å². The van der Waals surface area contributed by atoms with E-state index in [0.717, 1.165) is 18.4 Å². The summed E-state index contributed by atoms with van der Waals surface area (Å²) in [4.78, 5) is 38.0. The van der Waals surface area contributed by atoms with Gasteiger partial charge in [0.15, 0.2) is 0 Å². The van der Waals surface area contributed by atoms with Gasteiger partial charge in [-0.2, -0.15) is 5.26 Å². The molecule has 2 saturated carbocycles. The summed E-state index contributed by atoms with van der Waals surface area (Å²) < 4.78 is 0. The third-order valence-electron chi connectivity index (χ3n) is 6.67. The molecular weight excluding hydrogens is 380 g/mol. The van der Waals surface area contributed by atoms with Crippen molar-refractivity contribution in [2.75, 3.05) is 6.54 Å². The lowest BCUT2D eigenvalue weighted by Gasteiger charge is -2.48. The van der Waals surface area contributed by atoms with Crippen molar-refractivity contribution >= 4 is 29.4 Å². The Labute approximate surface area is 167 Å². The minimum Gasteiger partial charge on any atom is -0.369 e. The molecule has 4 rings (SSSR count). The Balaban J connectivity index is 1.65. The molecule has 1 heterocycles. The first-order chi connectivity index (χ1) is 13.3. The van der Waals surface area contributed by atoms with Gasteiger partial charge in [-0.3, -0.25) is 14.9 Å². The predicted molar refractivity (Wildman–Crippen MR) is 101 cm³/mol. The molecule has 3 N–H and O–H groups in total. The quantitative estimate of drug-likeness (QED) is 0.754. The topological polar surface area (TPSA) is 116 Å². The predicted octanol–water partition coefficient (Wildman–Crippen LogP) is 2.30. The number of hydrogen-bond acceptors (Lipinski definition) is 4. The number of halogens is 1. The lowest BCUT2D eigenvalue weighted by Crippen LogP contribution is -2.62. The SMILES string of the molecule is N#C[C@@]1(CN2C(=O)NC(=O)C23CC(C(N)=O)C3)CCC[C@H]1c1cccc(Cl)c1. The summed E-state index contributed by atoms with van der Waals surface area (Å²) in [7, 11) is 0. The lowest BCUT2D eigenvalue weighted by atomic mass is 9.65. The molecule has 0 bridgehead atoms. The number of primary amides is 1. The summed E-state index contributed by atoms with van der Waals surface area (Å²) in [6.45, 7) is 0.143. The summed E-state index contributed by atoms with van der Waals surface area (Å²) >= 11 is 6.15. The van der Waals surface area contributed by atoms with Crippen LogP contribution in [-0.2, 0) is 9.59 Å². The molecule has 7 nitrogen and oxygen atoms in total. The molecule has 4 amide bonds. The van der Waals surface area contributed by atoms with Gasteiger partial charge < -0.3 is 10.6 Å². The second-order valence-electron chi connectivity index (χ2n) is 8.15. The smallest absolute Gasteiger partial charge is 0.325 e. The first-order valence-electron chi connectivity index (χ1n) is 9.40. The van der Waals surface area contributed by atoms with Gasteiger partial charge in [0.2, 0.25) is 5.91 Å². The van der Waals surface area contributed by atoms with Crippen molar-refractivity contribution in [1.82, 2.24) is 10.2 Å². The van der Waals surface area contributed by atoms with E-state index >= 15 is 0 Å². The van der Waals surface area contributed by atoms with E-state index in [1.54, 1.807) is 6.07 Å². The Hall–Kier alpha value is -2.59. The maximum atomic E-state index is 12.6. The zero-order valence-electron chi connectivity index (χ0n) is 15.3. The van der Waals surface area contributed by atoms with E-state index in [9.17, 15) is 19.6 Å². The number of carbonyl (C=O) groups excluding carboxylic acids is 3. The van der Waals surface area contributed by atoms with Gasteiger partial charge >= 0.3 is 6.03 Å². The van der Waals surface area contributed by atoms with Gasteiger partial charge in [-0.15, -0.1) is 0 Å². The average molecular weight is 401 g/mol. The molecule has 146 valence electrons. The lowest BCUT2D eigenvalue weighted by molar-refractivity contribution is -0.140. The van der Waals surface area contributed by atoms with Crippen LogP contribution >= 0.6 is 11.6 Å². The Morgan fingerprint density at radius 3 is 2.79 bits per heavy atom. The molecule has 3 aliphatic rings. The normalized spacial score (nSPS) is 34.2. The van der Waals surface area contributed by atoms with Crippen LogP contribution in [0.15, 0.2) is 24.3 Å². The number of nitrogens with one attached hydrogen (secondary N) is 1. The average Bonchev–Trinajstić information content (AvgIpc) is 3.13. The van der Waals surface area contributed by atoms with Crippen molar-refractivity contribution in [3.8, 4) is 6.07 Å². The molecule has 0 unspecified atom stereocenters. The van der Waals surface area contributed by atoms with Gasteiger partial charge in [0.25, 0.3) is 5.91 Å². The maximum absolute atomic E-state index is 12.6. The van der Waals surface area contributed by atoms with Crippen LogP contribution < -0.4 is 11.1 Å². The van der Waals surface area contributed by atoms with E-state index in [-0.39, 0.29) is 25.3 Å². The summed E-state index contributed by atoms with van der Waals surface area (Å²) in [6.07, 6.45) is 2.72. The minimum atomic E-state index is -1.07. The zero-order chi connectivity index (χ0) is 20.1. The first kappa shape index (κ1) is 18.8. The monoisotopic (exact) mass is 400 g/mol. The van der Waals surface area contributed by atoms with Gasteiger partial charge in [-0.1, -0.05) is 30.2 Å². The van der Waals surface area contributed by atoms with Crippen LogP contribution in [0.25, 0.3) is 0 Å². The molecule has 1 saturated heterocycles. The number of nitrogens with zero attached hydrogens (tertiary/aromatic N) is 2.